The number of nitrogens with one attached hydrogen (secondary N) is 1. The van der Waals surface area contributed by atoms with Crippen LogP contribution in [-0.2, 0) is 4.79 Å². The van der Waals surface area contributed by atoms with E-state index in [1.165, 1.54) is 19.3 Å². The van der Waals surface area contributed by atoms with Crippen molar-refractivity contribution in [3.63, 3.8) is 0 Å². The Bertz CT molecular complexity index is 233. The molecule has 1 unspecified atom stereocenters. The summed E-state index contributed by atoms with van der Waals surface area (Å²) in [6.07, 6.45) is 6.75. The van der Waals surface area contributed by atoms with Crippen molar-refractivity contribution in [1.82, 2.24) is 5.32 Å². The van der Waals surface area contributed by atoms with Crippen LogP contribution in [0.3, 0.4) is 0 Å². The number of rotatable bonds is 3. The molecule has 1 atom stereocenters. The number of nitrogens with two attached hydrogens (primary N) is 1. The van der Waals surface area contributed by atoms with Crippen molar-refractivity contribution < 1.29 is 4.79 Å². The molecule has 0 aromatic rings. The average Bonchev–Trinajstić information content (AvgIpc) is 2.88. The number of amides is 1. The van der Waals surface area contributed by atoms with Gasteiger partial charge in [0.25, 0.3) is 0 Å². The third-order valence-electron chi connectivity index (χ3n) is 3.56. The zero-order valence-electron chi connectivity index (χ0n) is 9.13. The number of hydrogen-bond acceptors (Lipinski definition) is 3. The van der Waals surface area contributed by atoms with Crippen LogP contribution < -0.4 is 11.1 Å². The Kier molecular flexibility index (Phi) is 3.57. The fraction of sp³-hybridized carbons (Fsp3) is 0.909. The van der Waals surface area contributed by atoms with Gasteiger partial charge >= 0.3 is 0 Å². The monoisotopic (exact) mass is 228 g/mol. The Morgan fingerprint density at radius 3 is 2.67 bits per heavy atom. The van der Waals surface area contributed by atoms with Gasteiger partial charge in [0.1, 0.15) is 0 Å². The summed E-state index contributed by atoms with van der Waals surface area (Å²) in [4.78, 5) is 12.0. The minimum atomic E-state index is -0.0692. The molecule has 1 amide bonds. The number of thioether (sulfide) groups is 1. The summed E-state index contributed by atoms with van der Waals surface area (Å²) in [5.41, 5.74) is 5.73. The smallest absolute Gasteiger partial charge is 0.233 e. The SMILES string of the molecule is NCC1(NC(=O)C2CCCS2)CCCC1. The van der Waals surface area contributed by atoms with Gasteiger partial charge in [0.15, 0.2) is 0 Å². The number of hydrogen-bond donors (Lipinski definition) is 2. The molecule has 0 spiro atoms. The summed E-state index contributed by atoms with van der Waals surface area (Å²) in [5.74, 6) is 1.36. The molecule has 2 rings (SSSR count). The van der Waals surface area contributed by atoms with Crippen LogP contribution in [0.15, 0.2) is 0 Å². The van der Waals surface area contributed by atoms with Crippen molar-refractivity contribution in [3.05, 3.63) is 0 Å². The largest absolute Gasteiger partial charge is 0.348 e. The lowest BCUT2D eigenvalue weighted by atomic mass is 9.97. The minimum absolute atomic E-state index is 0.0692. The third kappa shape index (κ3) is 2.48. The summed E-state index contributed by atoms with van der Waals surface area (Å²) < 4.78 is 0. The molecule has 1 aliphatic carbocycles. The zero-order chi connectivity index (χ0) is 10.7. The highest BCUT2D eigenvalue weighted by Crippen LogP contribution is 2.31. The molecule has 4 heteroatoms. The van der Waals surface area contributed by atoms with Crippen LogP contribution in [0.5, 0.6) is 0 Å². The van der Waals surface area contributed by atoms with Crippen LogP contribution >= 0.6 is 11.8 Å². The summed E-state index contributed by atoms with van der Waals surface area (Å²) in [6, 6.07) is 0. The Morgan fingerprint density at radius 1 is 1.40 bits per heavy atom. The minimum Gasteiger partial charge on any atom is -0.348 e. The van der Waals surface area contributed by atoms with Crippen molar-refractivity contribution in [2.45, 2.75) is 49.3 Å². The van der Waals surface area contributed by atoms with E-state index in [0.717, 1.165) is 25.0 Å². The van der Waals surface area contributed by atoms with E-state index in [0.29, 0.717) is 6.54 Å². The van der Waals surface area contributed by atoms with Crippen molar-refractivity contribution >= 4 is 17.7 Å². The Morgan fingerprint density at radius 2 is 2.13 bits per heavy atom. The lowest BCUT2D eigenvalue weighted by Crippen LogP contribution is -2.53. The Balaban J connectivity index is 1.91. The fourth-order valence-corrected chi connectivity index (χ4v) is 3.72. The highest BCUT2D eigenvalue weighted by Gasteiger charge is 2.36. The first-order valence-electron chi connectivity index (χ1n) is 5.89. The molecule has 15 heavy (non-hydrogen) atoms. The highest BCUT2D eigenvalue weighted by molar-refractivity contribution is 8.00. The van der Waals surface area contributed by atoms with Crippen molar-refractivity contribution in [2.75, 3.05) is 12.3 Å². The molecule has 1 saturated heterocycles. The van der Waals surface area contributed by atoms with Gasteiger partial charge in [-0.1, -0.05) is 12.8 Å². The summed E-state index contributed by atoms with van der Waals surface area (Å²) in [5, 5.41) is 3.39. The summed E-state index contributed by atoms with van der Waals surface area (Å²) in [6.45, 7) is 0.593. The zero-order valence-corrected chi connectivity index (χ0v) is 9.94. The topological polar surface area (TPSA) is 55.1 Å². The van der Waals surface area contributed by atoms with Crippen LogP contribution in [0.2, 0.25) is 0 Å². The van der Waals surface area contributed by atoms with Crippen LogP contribution in [0.1, 0.15) is 38.5 Å². The van der Waals surface area contributed by atoms with E-state index < -0.39 is 0 Å². The summed E-state index contributed by atoms with van der Waals surface area (Å²) in [7, 11) is 0. The van der Waals surface area contributed by atoms with E-state index in [-0.39, 0.29) is 16.7 Å². The molecule has 3 nitrogen and oxygen atoms in total. The first-order valence-corrected chi connectivity index (χ1v) is 6.94. The van der Waals surface area contributed by atoms with E-state index in [1.807, 2.05) is 0 Å². The molecular weight excluding hydrogens is 208 g/mol. The van der Waals surface area contributed by atoms with E-state index in [1.54, 1.807) is 11.8 Å². The van der Waals surface area contributed by atoms with Crippen LogP contribution in [0.25, 0.3) is 0 Å². The van der Waals surface area contributed by atoms with Crippen molar-refractivity contribution in [3.8, 4) is 0 Å². The van der Waals surface area contributed by atoms with Gasteiger partial charge in [-0.3, -0.25) is 4.79 Å². The second-order valence-electron chi connectivity index (χ2n) is 4.68. The summed E-state index contributed by atoms with van der Waals surface area (Å²) >= 11 is 1.79. The van der Waals surface area contributed by atoms with Gasteiger partial charge in [0, 0.05) is 6.54 Å². The average molecular weight is 228 g/mol. The Labute approximate surface area is 95.6 Å². The molecule has 0 aromatic heterocycles. The fourth-order valence-electron chi connectivity index (χ4n) is 2.56. The van der Waals surface area contributed by atoms with Gasteiger partial charge in [0.2, 0.25) is 5.91 Å². The van der Waals surface area contributed by atoms with Gasteiger partial charge in [-0.05, 0) is 31.4 Å². The molecule has 3 N–H and O–H groups in total. The molecule has 0 aromatic carbocycles. The van der Waals surface area contributed by atoms with Gasteiger partial charge in [-0.25, -0.2) is 0 Å². The molecular formula is C11H20N2OS. The molecule has 0 bridgehead atoms. The Hall–Kier alpha value is -0.220. The number of carbonyl (C=O) groups is 1. The quantitative estimate of drug-likeness (QED) is 0.765. The first kappa shape index (κ1) is 11.3. The van der Waals surface area contributed by atoms with E-state index in [4.69, 9.17) is 5.73 Å². The maximum absolute atomic E-state index is 12.0. The van der Waals surface area contributed by atoms with Crippen molar-refractivity contribution in [2.24, 2.45) is 5.73 Å². The van der Waals surface area contributed by atoms with E-state index in [9.17, 15) is 4.79 Å². The van der Waals surface area contributed by atoms with Gasteiger partial charge < -0.3 is 11.1 Å². The number of carbonyl (C=O) groups excluding carboxylic acids is 1. The van der Waals surface area contributed by atoms with E-state index in [2.05, 4.69) is 5.32 Å². The predicted octanol–water partition coefficient (Wildman–Crippen LogP) is 1.27. The maximum Gasteiger partial charge on any atom is 0.233 e. The third-order valence-corrected chi connectivity index (χ3v) is 4.94. The molecule has 2 fully saturated rings. The van der Waals surface area contributed by atoms with Gasteiger partial charge in [0.05, 0.1) is 10.8 Å². The molecule has 86 valence electrons. The van der Waals surface area contributed by atoms with Crippen LogP contribution in [-0.4, -0.2) is 29.0 Å². The molecule has 1 aliphatic heterocycles. The molecule has 2 aliphatic rings. The van der Waals surface area contributed by atoms with Crippen LogP contribution in [0, 0.1) is 0 Å². The molecule has 0 radical (unpaired) electrons. The predicted molar refractivity (Wildman–Crippen MR) is 63.9 cm³/mol. The van der Waals surface area contributed by atoms with Gasteiger partial charge in [-0.15, -0.1) is 11.8 Å². The highest BCUT2D eigenvalue weighted by atomic mass is 32.2. The normalized spacial score (nSPS) is 29.3. The second-order valence-corrected chi connectivity index (χ2v) is 5.99. The van der Waals surface area contributed by atoms with Crippen LogP contribution in [0.4, 0.5) is 0 Å². The van der Waals surface area contributed by atoms with E-state index >= 15 is 0 Å². The van der Waals surface area contributed by atoms with Crippen molar-refractivity contribution in [1.29, 1.82) is 0 Å². The second kappa shape index (κ2) is 4.74. The maximum atomic E-state index is 12.0. The lowest BCUT2D eigenvalue weighted by Gasteiger charge is -2.29. The molecule has 1 saturated carbocycles. The molecule has 1 heterocycles. The van der Waals surface area contributed by atoms with Gasteiger partial charge in [-0.2, -0.15) is 0 Å². The standard InChI is InChI=1S/C11H20N2OS/c12-8-11(5-1-2-6-11)13-10(14)9-4-3-7-15-9/h9H,1-8,12H2,(H,13,14). The first-order chi connectivity index (χ1) is 7.26. The lowest BCUT2D eigenvalue weighted by molar-refractivity contribution is -0.122.